The van der Waals surface area contributed by atoms with Gasteiger partial charge in [0.15, 0.2) is 0 Å². The van der Waals surface area contributed by atoms with Crippen LogP contribution in [0.5, 0.6) is 0 Å². The molecule has 0 aliphatic carbocycles. The minimum Gasteiger partial charge on any atom is -0.400 e. The van der Waals surface area contributed by atoms with Gasteiger partial charge in [-0.25, -0.2) is 0 Å². The number of H-pyrrole nitrogens is 3. The number of nitro groups is 2. The molecule has 2 atom stereocenters. The van der Waals surface area contributed by atoms with Gasteiger partial charge in [-0.2, -0.15) is 6.42 Å². The molecule has 2 aliphatic heterocycles. The van der Waals surface area contributed by atoms with Crippen LogP contribution in [0.25, 0.3) is 32.7 Å². The van der Waals surface area contributed by atoms with Crippen LogP contribution in [-0.4, -0.2) is 72.6 Å². The van der Waals surface area contributed by atoms with Gasteiger partial charge >= 0.3 is 18.9 Å². The number of aliphatic hydroxyl groups is 1. The van der Waals surface area contributed by atoms with Crippen molar-refractivity contribution in [1.82, 2.24) is 15.0 Å². The minimum absolute atomic E-state index is 0. The number of halogens is 2. The van der Waals surface area contributed by atoms with Crippen molar-refractivity contribution >= 4 is 118 Å². The molecule has 14 rings (SSSR count). The van der Waals surface area contributed by atoms with Gasteiger partial charge in [0.2, 0.25) is 11.9 Å². The molecule has 3 aromatic heterocycles. The maximum Gasteiger partial charge on any atom is 1.00 e. The third-order valence-corrected chi connectivity index (χ3v) is 23.3. The fourth-order valence-corrected chi connectivity index (χ4v) is 12.1. The molecule has 19 nitrogen and oxygen atoms in total. The van der Waals surface area contributed by atoms with E-state index in [1.165, 1.54) is 81.6 Å². The fourth-order valence-electron chi connectivity index (χ4n) is 12.1. The number of fused-ring (bicyclic) bond motifs is 5. The summed E-state index contributed by atoms with van der Waals surface area (Å²) in [6.07, 6.45) is 5.49. The van der Waals surface area contributed by atoms with Crippen LogP contribution < -0.4 is 46.7 Å². The Labute approximate surface area is 844 Å². The number of ketones is 2. The zero-order chi connectivity index (χ0) is 105. The van der Waals surface area contributed by atoms with Gasteiger partial charge in [-0.1, -0.05) is 334 Å². The molecule has 22 heteroatoms. The van der Waals surface area contributed by atoms with E-state index in [0.29, 0.717) is 41.9 Å². The summed E-state index contributed by atoms with van der Waals surface area (Å²) in [5.41, 5.74) is 37.9. The third kappa shape index (κ3) is 45.1. The number of unbranched alkanes of at least 4 members (excludes halogenated alkanes) is 1. The maximum atomic E-state index is 11.8. The Kier molecular flexibility index (Phi) is 49.7. The van der Waals surface area contributed by atoms with Crippen molar-refractivity contribution in [1.29, 1.82) is 1.43 Å². The number of hydrogen-bond acceptors (Lipinski definition) is 14. The molecule has 0 amide bonds. The summed E-state index contributed by atoms with van der Waals surface area (Å²) in [5.74, 6) is 0.596. The monoisotopic (exact) mass is 1910 g/mol. The number of non-ortho nitro benzene ring substituents is 2. The molecule has 742 valence electrons. The molecule has 2 aliphatic rings. The largest absolute Gasteiger partial charge is 1.00 e. The number of nitrogens with one attached hydrogen (secondary N) is 5. The Morgan fingerprint density at radius 2 is 0.708 bits per heavy atom. The van der Waals surface area contributed by atoms with E-state index in [-0.39, 0.29) is 93.9 Å². The molecule has 137 heavy (non-hydrogen) atoms. The number of nitro benzene ring substituents is 2. The number of aromatic amines is 3. The van der Waals surface area contributed by atoms with E-state index < -0.39 is 0 Å². The number of nitrogens with zero attached hydrogens (tertiary/aromatic N) is 2. The first-order valence-electron chi connectivity index (χ1n) is 47.0. The second-order valence-electron chi connectivity index (χ2n) is 43.7. The first-order chi connectivity index (χ1) is 63.0. The fraction of sp³-hybridized carbons (Fsp3) is 0.435. The van der Waals surface area contributed by atoms with E-state index in [9.17, 15) is 39.4 Å². The molecule has 9 aromatic carbocycles. The number of carbonyl (C=O) groups is 4. The van der Waals surface area contributed by atoms with E-state index in [1.54, 1.807) is 65.8 Å². The van der Waals surface area contributed by atoms with E-state index in [1.807, 2.05) is 191 Å². The number of aromatic nitrogens is 3. The SMILES string of the molecule is CC(C)(C)C(=O)Cl.CC(C)(C)C(=O)Cl.CC(C)(C)C1Cc2ccc([N+](=O)[O-])cc2N1.CC(C)(C)C1Cc2ccccc2N1.CC(C)(C)c1cc2ccc(N)cc2[nH]1.CC(C)(C)c1cc2ccc([N+](=O)[O-])cc2[nH]1.CC(C)(C)c1cc2ccccc2[nH]1.Cc1ccccc1CC(=O)C(C)(C)C.Cc1ccccc1CC(=O)C(C)(C)C.Cc1ccccc1N.Cc1ccccc1N.[2H]OC.[CH2-]CCC.[Li+]. The van der Waals surface area contributed by atoms with Gasteiger partial charge in [0, 0.05) is 156 Å². The van der Waals surface area contributed by atoms with Gasteiger partial charge in [-0.3, -0.25) is 39.4 Å². The van der Waals surface area contributed by atoms with Crippen molar-refractivity contribution in [2.75, 3.05) is 34.9 Å². The topological polar surface area (TPSA) is 324 Å². The molecule has 0 spiro atoms. The quantitative estimate of drug-likeness (QED) is 0.0179. The summed E-state index contributed by atoms with van der Waals surface area (Å²) in [4.78, 5) is 74.7. The number of aliphatic hydroxyl groups excluding tert-OH is 1. The standard InChI is InChI=1S/2C13H18O.C12H16N2O2.C12H14N2O2.C12H16N2.C12H17N.C12H15N.2C7H9N.2C5H9ClO.C4H9.CH4O.Li/c2*1-10-7-5-6-8-11(10)9-12(14)13(2,3)4;2*1-12(2,3)11-6-8-4-5-9(14(15)16)7-10(8)13-11;1-12(2,3)11-6-8-4-5-9(13)7-10(8)14-11;2*1-12(2,3)11-8-9-6-4-5-7-10(9)13-11;2*1-6-4-2-3-5-7(6)8;2*1-5(2,3)4(6)7;1-3-4-2;1-2;/h2*5-8H,9H2,1-4H3;4-5,7,11,13H,6H2,1-3H3;4-7,13H,1-3H3;4-7,14H,13H2,1-3H3;4-7,11,13H,8H2,1-3H3;4-8,13H,1-3H3;2*2-5H,8H2,1H3;2*1-3H3;1,3-4H2,2H3;2H,1H3;/q;;;;;;;;;;;-1;;+1/i;;;;;;;;;;;;2D;. The van der Waals surface area contributed by atoms with E-state index in [2.05, 4.69) is 215 Å². The van der Waals surface area contributed by atoms with Gasteiger partial charge < -0.3 is 54.8 Å². The predicted molar refractivity (Wildman–Crippen MR) is 582 cm³/mol. The van der Waals surface area contributed by atoms with E-state index in [4.69, 9.17) is 41.8 Å². The molecule has 12 N–H and O–H groups in total. The molecular formula is C115H163Cl2LiN10O9. The Balaban J connectivity index is 0.000000760. The summed E-state index contributed by atoms with van der Waals surface area (Å²) in [6.45, 7) is 69.2. The first kappa shape index (κ1) is 122. The number of rotatable bonds is 7. The molecule has 5 heterocycles. The summed E-state index contributed by atoms with van der Waals surface area (Å²) in [7, 11) is 1.29. The van der Waals surface area contributed by atoms with Crippen LogP contribution in [0.4, 0.5) is 39.8 Å². The van der Waals surface area contributed by atoms with Crippen LogP contribution in [0.3, 0.4) is 0 Å². The van der Waals surface area contributed by atoms with Gasteiger partial charge in [0.25, 0.3) is 11.4 Å². The van der Waals surface area contributed by atoms with Crippen molar-refractivity contribution in [3.63, 3.8) is 0 Å². The number of nitrogen functional groups attached to an aromatic ring is 3. The van der Waals surface area contributed by atoms with Crippen LogP contribution in [-0.2, 0) is 61.1 Å². The minimum atomic E-state index is -0.378. The third-order valence-electron chi connectivity index (χ3n) is 22.1. The second kappa shape index (κ2) is 55.7. The summed E-state index contributed by atoms with van der Waals surface area (Å²) in [6, 6.07) is 72.0. The Bertz CT molecular complexity index is 5550. The molecule has 0 fully saturated rings. The van der Waals surface area contributed by atoms with Gasteiger partial charge in [-0.05, 0) is 191 Å². The average molecular weight is 1910 g/mol. The van der Waals surface area contributed by atoms with Crippen molar-refractivity contribution in [2.24, 2.45) is 32.5 Å². The van der Waals surface area contributed by atoms with Crippen LogP contribution in [0.1, 0.15) is 268 Å². The van der Waals surface area contributed by atoms with Crippen molar-refractivity contribution in [3.8, 4) is 0 Å². The van der Waals surface area contributed by atoms with Crippen molar-refractivity contribution in [2.45, 2.75) is 288 Å². The van der Waals surface area contributed by atoms with Crippen molar-refractivity contribution in [3.05, 3.63) is 307 Å². The number of benzene rings is 9. The average Bonchev–Trinajstić information content (AvgIpc) is 1.70. The van der Waals surface area contributed by atoms with Crippen molar-refractivity contribution < 1.29 is 53.0 Å². The van der Waals surface area contributed by atoms with Gasteiger partial charge in [0.05, 0.1) is 15.4 Å². The normalized spacial score (nSPS) is 12.9. The number of hydrogen-bond donors (Lipinski definition) is 9. The number of anilines is 5. The summed E-state index contributed by atoms with van der Waals surface area (Å²) in [5, 5.41) is 34.7. The Morgan fingerprint density at radius 1 is 0.409 bits per heavy atom. The molecule has 0 saturated carbocycles. The zero-order valence-corrected chi connectivity index (χ0v) is 90.5. The first-order valence-corrected chi connectivity index (χ1v) is 47.4. The molecule has 0 radical (unpaired) electrons. The van der Waals surface area contributed by atoms with Crippen LogP contribution >= 0.6 is 23.2 Å². The zero-order valence-electron chi connectivity index (χ0n) is 89.9. The summed E-state index contributed by atoms with van der Waals surface area (Å²) < 4.78 is 5.71. The molecule has 0 bridgehead atoms. The smallest absolute Gasteiger partial charge is 0.400 e. The van der Waals surface area contributed by atoms with Gasteiger partial charge in [0.1, 0.15) is 11.6 Å². The van der Waals surface area contributed by atoms with Gasteiger partial charge in [-0.15, -0.1) is 0 Å². The Morgan fingerprint density at radius 3 is 1.03 bits per heavy atom. The van der Waals surface area contributed by atoms with Crippen LogP contribution in [0.15, 0.2) is 218 Å². The number of nitrogens with two attached hydrogens (primary N) is 3. The number of aryl methyl sites for hydroxylation is 4. The van der Waals surface area contributed by atoms with Crippen LogP contribution in [0, 0.1) is 87.3 Å². The molecular weight excluding hydrogens is 1740 g/mol. The van der Waals surface area contributed by atoms with E-state index in [0.717, 1.165) is 80.0 Å². The molecule has 2 unspecified atom stereocenters. The number of para-hydroxylation sites is 4. The number of Topliss-reactive ketones (excluding diaryl/α,β-unsaturated/α-hetero) is 2. The van der Waals surface area contributed by atoms with Crippen LogP contribution in [0.2, 0.25) is 0 Å². The Hall–Kier alpha value is -10.8. The summed E-state index contributed by atoms with van der Waals surface area (Å²) >= 11 is 10.2. The predicted octanol–water partition coefficient (Wildman–Crippen LogP) is 27.2. The number of carbonyl (C=O) groups excluding carboxylic acids is 4. The van der Waals surface area contributed by atoms with E-state index >= 15 is 0 Å². The second-order valence-corrected chi connectivity index (χ2v) is 44.4. The molecule has 12 aromatic rings. The maximum absolute atomic E-state index is 11.8. The molecule has 0 saturated heterocycles.